The second-order valence-corrected chi connectivity index (χ2v) is 9.03. The van der Waals surface area contributed by atoms with Crippen LogP contribution in [-0.2, 0) is 24.9 Å². The number of hydrogen-bond donors (Lipinski definition) is 2. The summed E-state index contributed by atoms with van der Waals surface area (Å²) < 4.78 is 0. The van der Waals surface area contributed by atoms with Crippen LogP contribution in [0.1, 0.15) is 68.4 Å². The van der Waals surface area contributed by atoms with Gasteiger partial charge < -0.3 is 11.1 Å². The third kappa shape index (κ3) is 3.45. The van der Waals surface area contributed by atoms with E-state index in [0.29, 0.717) is 18.4 Å². The van der Waals surface area contributed by atoms with Gasteiger partial charge in [-0.15, -0.1) is 0 Å². The Morgan fingerprint density at radius 1 is 1.04 bits per heavy atom. The summed E-state index contributed by atoms with van der Waals surface area (Å²) in [4.78, 5) is 0. The average Bonchev–Trinajstić information content (AvgIpc) is 2.87. The smallest absolute Gasteiger partial charge is 0.0208 e. The van der Waals surface area contributed by atoms with Crippen molar-refractivity contribution in [1.29, 1.82) is 0 Å². The standard InChI is InChI=1S/C24H34N2/c1-15-9-17-11-23(18(13-25)12-22(17)16(15)2)21-8-7-20(24(3,4)5)10-19(21)14-26-6/h7-8,10-12,15-16,26H,9,13-14,25H2,1-6H3. The summed E-state index contributed by atoms with van der Waals surface area (Å²) in [6, 6.07) is 11.7. The number of fused-ring (bicyclic) bond motifs is 1. The predicted octanol–water partition coefficient (Wildman–Crippen LogP) is 5.12. The van der Waals surface area contributed by atoms with Crippen molar-refractivity contribution in [3.8, 4) is 11.1 Å². The van der Waals surface area contributed by atoms with Gasteiger partial charge in [0.05, 0.1) is 0 Å². The van der Waals surface area contributed by atoms with Crippen LogP contribution in [0.5, 0.6) is 0 Å². The minimum atomic E-state index is 0.153. The molecule has 0 aromatic heterocycles. The first-order valence-electron chi connectivity index (χ1n) is 9.90. The molecule has 1 aliphatic carbocycles. The maximum absolute atomic E-state index is 6.17. The molecule has 1 aliphatic rings. The summed E-state index contributed by atoms with van der Waals surface area (Å²) in [5.41, 5.74) is 16.0. The summed E-state index contributed by atoms with van der Waals surface area (Å²) in [6.07, 6.45) is 1.18. The van der Waals surface area contributed by atoms with Crippen LogP contribution in [0.4, 0.5) is 0 Å². The molecule has 2 nitrogen and oxygen atoms in total. The van der Waals surface area contributed by atoms with Crippen molar-refractivity contribution in [2.24, 2.45) is 11.7 Å². The minimum Gasteiger partial charge on any atom is -0.326 e. The minimum absolute atomic E-state index is 0.153. The molecule has 2 aromatic rings. The third-order valence-electron chi connectivity index (χ3n) is 6.10. The molecule has 0 fully saturated rings. The lowest BCUT2D eigenvalue weighted by Crippen LogP contribution is -2.14. The van der Waals surface area contributed by atoms with Gasteiger partial charge in [-0.2, -0.15) is 0 Å². The molecule has 0 bridgehead atoms. The van der Waals surface area contributed by atoms with Crippen molar-refractivity contribution >= 4 is 0 Å². The van der Waals surface area contributed by atoms with Gasteiger partial charge in [-0.3, -0.25) is 0 Å². The quantitative estimate of drug-likeness (QED) is 0.802. The summed E-state index contributed by atoms with van der Waals surface area (Å²) in [5, 5.41) is 3.35. The van der Waals surface area contributed by atoms with Crippen LogP contribution < -0.4 is 11.1 Å². The summed E-state index contributed by atoms with van der Waals surface area (Å²) in [7, 11) is 2.02. The summed E-state index contributed by atoms with van der Waals surface area (Å²) in [5.74, 6) is 1.34. The van der Waals surface area contributed by atoms with E-state index in [0.717, 1.165) is 6.54 Å². The van der Waals surface area contributed by atoms with Crippen molar-refractivity contribution in [1.82, 2.24) is 5.32 Å². The van der Waals surface area contributed by atoms with Crippen molar-refractivity contribution < 1.29 is 0 Å². The third-order valence-corrected chi connectivity index (χ3v) is 6.10. The number of benzene rings is 2. The van der Waals surface area contributed by atoms with E-state index >= 15 is 0 Å². The second-order valence-electron chi connectivity index (χ2n) is 9.03. The van der Waals surface area contributed by atoms with Crippen molar-refractivity contribution in [3.05, 3.63) is 58.1 Å². The highest BCUT2D eigenvalue weighted by molar-refractivity contribution is 5.73. The molecule has 2 unspecified atom stereocenters. The molecule has 140 valence electrons. The van der Waals surface area contributed by atoms with E-state index in [1.165, 1.54) is 45.4 Å². The van der Waals surface area contributed by atoms with E-state index in [1.807, 2.05) is 7.05 Å². The second kappa shape index (κ2) is 7.17. The van der Waals surface area contributed by atoms with Crippen LogP contribution in [0.25, 0.3) is 11.1 Å². The fourth-order valence-corrected chi connectivity index (χ4v) is 4.22. The molecule has 0 aliphatic heterocycles. The van der Waals surface area contributed by atoms with Gasteiger partial charge >= 0.3 is 0 Å². The highest BCUT2D eigenvalue weighted by atomic mass is 14.8. The largest absolute Gasteiger partial charge is 0.326 e. The molecule has 2 aromatic carbocycles. The zero-order chi connectivity index (χ0) is 19.1. The Labute approximate surface area is 159 Å². The van der Waals surface area contributed by atoms with Gasteiger partial charge in [-0.05, 0) is 69.7 Å². The van der Waals surface area contributed by atoms with Gasteiger partial charge in [-0.25, -0.2) is 0 Å². The first-order chi connectivity index (χ1) is 12.3. The van der Waals surface area contributed by atoms with E-state index in [2.05, 4.69) is 70.3 Å². The maximum Gasteiger partial charge on any atom is 0.0208 e. The van der Waals surface area contributed by atoms with Crippen LogP contribution in [0.2, 0.25) is 0 Å². The lowest BCUT2D eigenvalue weighted by atomic mass is 9.83. The molecule has 3 N–H and O–H groups in total. The van der Waals surface area contributed by atoms with Crippen LogP contribution in [0.3, 0.4) is 0 Å². The zero-order valence-corrected chi connectivity index (χ0v) is 17.2. The topological polar surface area (TPSA) is 38.0 Å². The Hall–Kier alpha value is -1.64. The van der Waals surface area contributed by atoms with Gasteiger partial charge in [0, 0.05) is 13.1 Å². The lowest BCUT2D eigenvalue weighted by Gasteiger charge is -2.23. The number of nitrogens with one attached hydrogen (secondary N) is 1. The maximum atomic E-state index is 6.17. The van der Waals surface area contributed by atoms with Gasteiger partial charge in [0.2, 0.25) is 0 Å². The fourth-order valence-electron chi connectivity index (χ4n) is 4.22. The fraction of sp³-hybridized carbons (Fsp3) is 0.500. The predicted molar refractivity (Wildman–Crippen MR) is 113 cm³/mol. The zero-order valence-electron chi connectivity index (χ0n) is 17.2. The Kier molecular flexibility index (Phi) is 5.28. The van der Waals surface area contributed by atoms with Crippen LogP contribution in [-0.4, -0.2) is 7.05 Å². The number of nitrogens with two attached hydrogens (primary N) is 1. The summed E-state index contributed by atoms with van der Waals surface area (Å²) in [6.45, 7) is 13.0. The van der Waals surface area contributed by atoms with Crippen LogP contribution >= 0.6 is 0 Å². The molecular weight excluding hydrogens is 316 g/mol. The molecule has 0 amide bonds. The SMILES string of the molecule is CNCc1cc(C(C)(C)C)ccc1-c1cc2c(cc1CN)C(C)C(C)C2. The normalized spacial score (nSPS) is 19.7. The van der Waals surface area contributed by atoms with E-state index in [1.54, 1.807) is 0 Å². The van der Waals surface area contributed by atoms with Crippen LogP contribution in [0, 0.1) is 5.92 Å². The Morgan fingerprint density at radius 3 is 2.38 bits per heavy atom. The monoisotopic (exact) mass is 350 g/mol. The van der Waals surface area contributed by atoms with E-state index in [9.17, 15) is 0 Å². The average molecular weight is 351 g/mol. The molecule has 0 spiro atoms. The molecule has 2 atom stereocenters. The van der Waals surface area contributed by atoms with Gasteiger partial charge in [0.25, 0.3) is 0 Å². The van der Waals surface area contributed by atoms with Crippen molar-refractivity contribution in [2.45, 2.75) is 65.5 Å². The van der Waals surface area contributed by atoms with E-state index in [-0.39, 0.29) is 5.41 Å². The van der Waals surface area contributed by atoms with Gasteiger partial charge in [-0.1, -0.05) is 65.0 Å². The Balaban J connectivity index is 2.16. The van der Waals surface area contributed by atoms with E-state index < -0.39 is 0 Å². The number of rotatable bonds is 4. The van der Waals surface area contributed by atoms with E-state index in [4.69, 9.17) is 5.73 Å². The van der Waals surface area contributed by atoms with Crippen molar-refractivity contribution in [3.63, 3.8) is 0 Å². The lowest BCUT2D eigenvalue weighted by molar-refractivity contribution is 0.532. The van der Waals surface area contributed by atoms with Crippen LogP contribution in [0.15, 0.2) is 30.3 Å². The molecule has 3 rings (SSSR count). The molecular formula is C24H34N2. The Bertz CT molecular complexity index is 799. The molecule has 0 saturated heterocycles. The first-order valence-corrected chi connectivity index (χ1v) is 9.90. The molecule has 0 saturated carbocycles. The molecule has 0 heterocycles. The molecule has 26 heavy (non-hydrogen) atoms. The first kappa shape index (κ1) is 19.1. The summed E-state index contributed by atoms with van der Waals surface area (Å²) >= 11 is 0. The molecule has 0 radical (unpaired) electrons. The number of hydrogen-bond acceptors (Lipinski definition) is 2. The van der Waals surface area contributed by atoms with Gasteiger partial charge in [0.1, 0.15) is 0 Å². The Morgan fingerprint density at radius 2 is 1.77 bits per heavy atom. The molecule has 2 heteroatoms. The van der Waals surface area contributed by atoms with Gasteiger partial charge in [0.15, 0.2) is 0 Å². The highest BCUT2D eigenvalue weighted by Gasteiger charge is 2.27. The highest BCUT2D eigenvalue weighted by Crippen LogP contribution is 2.41. The van der Waals surface area contributed by atoms with Crippen molar-refractivity contribution in [2.75, 3.05) is 7.05 Å².